The molecule has 0 radical (unpaired) electrons. The van der Waals surface area contributed by atoms with Crippen LogP contribution in [0.15, 0.2) is 30.7 Å². The van der Waals surface area contributed by atoms with Crippen LogP contribution in [0.2, 0.25) is 0 Å². The van der Waals surface area contributed by atoms with Gasteiger partial charge in [-0.2, -0.15) is 5.10 Å². The standard InChI is InChI=1S/C12H15N3O2/c1-3-15-8-11(7-14-15)17-12-6-10(9(2)16)4-5-13-12/h4-9,16H,3H2,1-2H3/t9-/m0/s1. The Morgan fingerprint density at radius 2 is 2.35 bits per heavy atom. The van der Waals surface area contributed by atoms with Crippen LogP contribution in [0.4, 0.5) is 0 Å². The van der Waals surface area contributed by atoms with E-state index in [1.165, 1.54) is 0 Å². The molecule has 17 heavy (non-hydrogen) atoms. The minimum Gasteiger partial charge on any atom is -0.436 e. The van der Waals surface area contributed by atoms with E-state index in [4.69, 9.17) is 4.74 Å². The quantitative estimate of drug-likeness (QED) is 0.878. The Hall–Kier alpha value is -1.88. The van der Waals surface area contributed by atoms with E-state index in [-0.39, 0.29) is 0 Å². The van der Waals surface area contributed by atoms with E-state index in [1.807, 2.05) is 6.92 Å². The summed E-state index contributed by atoms with van der Waals surface area (Å²) in [6.07, 6.45) is 4.53. The van der Waals surface area contributed by atoms with Gasteiger partial charge >= 0.3 is 0 Å². The smallest absolute Gasteiger partial charge is 0.219 e. The van der Waals surface area contributed by atoms with Crippen molar-refractivity contribution in [1.29, 1.82) is 0 Å². The SMILES string of the molecule is CCn1cc(Oc2cc([C@H](C)O)ccn2)cn1. The first-order valence-electron chi connectivity index (χ1n) is 5.53. The number of nitrogens with zero attached hydrogens (tertiary/aromatic N) is 3. The summed E-state index contributed by atoms with van der Waals surface area (Å²) in [6, 6.07) is 3.47. The zero-order valence-electron chi connectivity index (χ0n) is 9.87. The molecule has 0 saturated carbocycles. The summed E-state index contributed by atoms with van der Waals surface area (Å²) in [7, 11) is 0. The molecule has 2 aromatic rings. The van der Waals surface area contributed by atoms with Crippen molar-refractivity contribution in [2.75, 3.05) is 0 Å². The fourth-order valence-electron chi connectivity index (χ4n) is 1.43. The molecule has 0 aliphatic carbocycles. The molecule has 0 aromatic carbocycles. The number of pyridine rings is 1. The molecule has 0 aliphatic heterocycles. The number of hydrogen-bond acceptors (Lipinski definition) is 4. The van der Waals surface area contributed by atoms with E-state index >= 15 is 0 Å². The molecular weight excluding hydrogens is 218 g/mol. The third kappa shape index (κ3) is 2.82. The van der Waals surface area contributed by atoms with Crippen LogP contribution in [0, 0.1) is 0 Å². The van der Waals surface area contributed by atoms with Gasteiger partial charge in [0.25, 0.3) is 0 Å². The zero-order chi connectivity index (χ0) is 12.3. The number of aliphatic hydroxyl groups excluding tert-OH is 1. The van der Waals surface area contributed by atoms with E-state index in [0.717, 1.165) is 12.1 Å². The lowest BCUT2D eigenvalue weighted by molar-refractivity contribution is 0.198. The second-order valence-corrected chi connectivity index (χ2v) is 3.74. The number of aryl methyl sites for hydroxylation is 1. The Bertz CT molecular complexity index is 494. The lowest BCUT2D eigenvalue weighted by Gasteiger charge is -2.06. The second kappa shape index (κ2) is 4.97. The Morgan fingerprint density at radius 3 is 3.00 bits per heavy atom. The Balaban J connectivity index is 2.15. The maximum absolute atomic E-state index is 9.46. The molecule has 0 amide bonds. The lowest BCUT2D eigenvalue weighted by Crippen LogP contribution is -1.94. The zero-order valence-corrected chi connectivity index (χ0v) is 9.87. The van der Waals surface area contributed by atoms with Crippen molar-refractivity contribution < 1.29 is 9.84 Å². The Kier molecular flexibility index (Phi) is 3.39. The molecule has 5 heteroatoms. The molecule has 5 nitrogen and oxygen atoms in total. The van der Waals surface area contributed by atoms with Gasteiger partial charge in [-0.15, -0.1) is 0 Å². The average Bonchev–Trinajstić information content (AvgIpc) is 2.77. The number of aromatic nitrogens is 3. The summed E-state index contributed by atoms with van der Waals surface area (Å²) in [6.45, 7) is 4.50. The van der Waals surface area contributed by atoms with Gasteiger partial charge in [0, 0.05) is 18.8 Å². The molecule has 0 saturated heterocycles. The van der Waals surface area contributed by atoms with E-state index in [2.05, 4.69) is 10.1 Å². The Morgan fingerprint density at radius 1 is 1.53 bits per heavy atom. The first-order valence-corrected chi connectivity index (χ1v) is 5.53. The van der Waals surface area contributed by atoms with Gasteiger partial charge in [0.15, 0.2) is 5.75 Å². The number of aliphatic hydroxyl groups is 1. The normalized spacial score (nSPS) is 12.4. The summed E-state index contributed by atoms with van der Waals surface area (Å²) in [5.41, 5.74) is 0.776. The van der Waals surface area contributed by atoms with Crippen molar-refractivity contribution in [1.82, 2.24) is 14.8 Å². The summed E-state index contributed by atoms with van der Waals surface area (Å²) >= 11 is 0. The van der Waals surface area contributed by atoms with Gasteiger partial charge in [-0.3, -0.25) is 4.68 Å². The van der Waals surface area contributed by atoms with Gasteiger partial charge in [0.1, 0.15) is 0 Å². The Labute approximate surface area is 99.7 Å². The van der Waals surface area contributed by atoms with E-state index in [1.54, 1.807) is 42.3 Å². The molecule has 0 bridgehead atoms. The van der Waals surface area contributed by atoms with Gasteiger partial charge in [-0.25, -0.2) is 4.98 Å². The fourth-order valence-corrected chi connectivity index (χ4v) is 1.43. The highest BCUT2D eigenvalue weighted by molar-refractivity contribution is 5.26. The molecule has 0 fully saturated rings. The monoisotopic (exact) mass is 233 g/mol. The average molecular weight is 233 g/mol. The van der Waals surface area contributed by atoms with Crippen molar-refractivity contribution >= 4 is 0 Å². The molecule has 0 spiro atoms. The first-order chi connectivity index (χ1) is 8.19. The predicted molar refractivity (Wildman–Crippen MR) is 62.8 cm³/mol. The van der Waals surface area contributed by atoms with Gasteiger partial charge in [0.05, 0.1) is 18.5 Å². The molecule has 90 valence electrons. The van der Waals surface area contributed by atoms with Gasteiger partial charge < -0.3 is 9.84 Å². The summed E-state index contributed by atoms with van der Waals surface area (Å²) in [5.74, 6) is 1.10. The van der Waals surface area contributed by atoms with Crippen LogP contribution in [-0.2, 0) is 6.54 Å². The summed E-state index contributed by atoms with van der Waals surface area (Å²) in [5, 5.41) is 13.6. The maximum Gasteiger partial charge on any atom is 0.219 e. The maximum atomic E-state index is 9.46. The minimum atomic E-state index is -0.529. The van der Waals surface area contributed by atoms with Crippen LogP contribution in [0.5, 0.6) is 11.6 Å². The van der Waals surface area contributed by atoms with Gasteiger partial charge in [-0.1, -0.05) is 0 Å². The highest BCUT2D eigenvalue weighted by atomic mass is 16.5. The van der Waals surface area contributed by atoms with Crippen molar-refractivity contribution in [3.63, 3.8) is 0 Å². The van der Waals surface area contributed by atoms with Crippen molar-refractivity contribution in [2.45, 2.75) is 26.5 Å². The van der Waals surface area contributed by atoms with Crippen LogP contribution >= 0.6 is 0 Å². The molecule has 1 atom stereocenters. The van der Waals surface area contributed by atoms with Crippen LogP contribution in [0.25, 0.3) is 0 Å². The molecule has 1 N–H and O–H groups in total. The van der Waals surface area contributed by atoms with Crippen molar-refractivity contribution in [3.05, 3.63) is 36.3 Å². The van der Waals surface area contributed by atoms with Gasteiger partial charge in [0.2, 0.25) is 5.88 Å². The molecule has 0 aliphatic rings. The fraction of sp³-hybridized carbons (Fsp3) is 0.333. The van der Waals surface area contributed by atoms with Crippen molar-refractivity contribution in [2.24, 2.45) is 0 Å². The third-order valence-electron chi connectivity index (χ3n) is 2.40. The van der Waals surface area contributed by atoms with Crippen molar-refractivity contribution in [3.8, 4) is 11.6 Å². The number of hydrogen-bond donors (Lipinski definition) is 1. The first kappa shape index (κ1) is 11.6. The lowest BCUT2D eigenvalue weighted by atomic mass is 10.2. The summed E-state index contributed by atoms with van der Waals surface area (Å²) in [4.78, 5) is 4.08. The highest BCUT2D eigenvalue weighted by Crippen LogP contribution is 2.21. The van der Waals surface area contributed by atoms with Crippen LogP contribution in [-0.4, -0.2) is 19.9 Å². The highest BCUT2D eigenvalue weighted by Gasteiger charge is 2.05. The molecule has 2 aromatic heterocycles. The number of rotatable bonds is 4. The minimum absolute atomic E-state index is 0.457. The largest absolute Gasteiger partial charge is 0.436 e. The molecule has 2 heterocycles. The molecule has 0 unspecified atom stereocenters. The topological polar surface area (TPSA) is 60.2 Å². The summed E-state index contributed by atoms with van der Waals surface area (Å²) < 4.78 is 7.32. The van der Waals surface area contributed by atoms with E-state index in [9.17, 15) is 5.11 Å². The van der Waals surface area contributed by atoms with Crippen LogP contribution in [0.3, 0.4) is 0 Å². The molecule has 2 rings (SSSR count). The van der Waals surface area contributed by atoms with Gasteiger partial charge in [-0.05, 0) is 25.5 Å². The van der Waals surface area contributed by atoms with E-state index in [0.29, 0.717) is 11.6 Å². The van der Waals surface area contributed by atoms with Crippen LogP contribution < -0.4 is 4.74 Å². The van der Waals surface area contributed by atoms with E-state index < -0.39 is 6.10 Å². The van der Waals surface area contributed by atoms with Crippen LogP contribution in [0.1, 0.15) is 25.5 Å². The predicted octanol–water partition coefficient (Wildman–Crippen LogP) is 2.14. The second-order valence-electron chi connectivity index (χ2n) is 3.74. The number of ether oxygens (including phenoxy) is 1. The third-order valence-corrected chi connectivity index (χ3v) is 2.40. The molecular formula is C12H15N3O2.